The Morgan fingerprint density at radius 3 is 2.83 bits per heavy atom. The lowest BCUT2D eigenvalue weighted by Gasteiger charge is -2.16. The van der Waals surface area contributed by atoms with Crippen molar-refractivity contribution >= 4 is 16.9 Å². The molecule has 0 spiro atoms. The number of hydrogen-bond donors (Lipinski definition) is 3. The molecule has 3 N–H and O–H groups in total. The van der Waals surface area contributed by atoms with Gasteiger partial charge in [0.15, 0.2) is 5.96 Å². The van der Waals surface area contributed by atoms with Gasteiger partial charge in [-0.2, -0.15) is 0 Å². The van der Waals surface area contributed by atoms with E-state index in [0.29, 0.717) is 0 Å². The van der Waals surface area contributed by atoms with Gasteiger partial charge in [-0.15, -0.1) is 0 Å². The molecule has 0 saturated carbocycles. The van der Waals surface area contributed by atoms with Crippen molar-refractivity contribution in [3.8, 4) is 0 Å². The van der Waals surface area contributed by atoms with Crippen molar-refractivity contribution in [2.24, 2.45) is 4.99 Å². The van der Waals surface area contributed by atoms with Gasteiger partial charge >= 0.3 is 0 Å². The lowest BCUT2D eigenvalue weighted by molar-refractivity contribution is 0.357. The maximum absolute atomic E-state index is 13.4. The zero-order valence-corrected chi connectivity index (χ0v) is 14.1. The molecule has 1 aromatic heterocycles. The molecule has 1 aromatic carbocycles. The van der Waals surface area contributed by atoms with E-state index in [1.165, 1.54) is 6.07 Å². The fraction of sp³-hybridized carbons (Fsp3) is 0.471. The van der Waals surface area contributed by atoms with E-state index < -0.39 is 0 Å². The number of fused-ring (bicyclic) bond motifs is 1. The standard InChI is InChI=1S/C17H26FN5/c1-4-23(3)10-9-21-17(19-2)20-8-7-13-12-22-16-6-5-14(18)11-15(13)16/h5-6,11-12,22H,4,7-10H2,1-3H3,(H2,19,20,21). The fourth-order valence-corrected chi connectivity index (χ4v) is 2.42. The van der Waals surface area contributed by atoms with Crippen LogP contribution in [0.25, 0.3) is 10.9 Å². The lowest BCUT2D eigenvalue weighted by Crippen LogP contribution is -2.41. The highest BCUT2D eigenvalue weighted by Gasteiger charge is 2.05. The van der Waals surface area contributed by atoms with Crippen LogP contribution in [0.5, 0.6) is 0 Å². The van der Waals surface area contributed by atoms with Crippen molar-refractivity contribution < 1.29 is 4.39 Å². The molecule has 0 unspecified atom stereocenters. The SMILES string of the molecule is CCN(C)CCNC(=NC)NCCc1c[nH]c2ccc(F)cc12. The van der Waals surface area contributed by atoms with Crippen molar-refractivity contribution in [3.63, 3.8) is 0 Å². The van der Waals surface area contributed by atoms with Crippen molar-refractivity contribution in [2.45, 2.75) is 13.3 Å². The van der Waals surface area contributed by atoms with Gasteiger partial charge in [-0.25, -0.2) is 4.39 Å². The molecule has 0 amide bonds. The molecule has 0 atom stereocenters. The molecular weight excluding hydrogens is 293 g/mol. The molecule has 0 fully saturated rings. The maximum atomic E-state index is 13.4. The molecule has 0 radical (unpaired) electrons. The van der Waals surface area contributed by atoms with Gasteiger partial charge in [0.05, 0.1) is 0 Å². The largest absolute Gasteiger partial charge is 0.361 e. The maximum Gasteiger partial charge on any atom is 0.191 e. The number of aromatic amines is 1. The average Bonchev–Trinajstić information content (AvgIpc) is 2.95. The third kappa shape index (κ3) is 4.96. The van der Waals surface area contributed by atoms with E-state index in [9.17, 15) is 4.39 Å². The molecule has 0 aliphatic rings. The molecule has 5 nitrogen and oxygen atoms in total. The van der Waals surface area contributed by atoms with Gasteiger partial charge in [0.25, 0.3) is 0 Å². The Hall–Kier alpha value is -2.08. The zero-order chi connectivity index (χ0) is 16.7. The summed E-state index contributed by atoms with van der Waals surface area (Å²) in [5.74, 6) is 0.587. The van der Waals surface area contributed by atoms with Crippen LogP contribution in [-0.4, -0.2) is 56.1 Å². The van der Waals surface area contributed by atoms with E-state index in [1.807, 2.05) is 6.20 Å². The first-order chi connectivity index (χ1) is 11.1. The first kappa shape index (κ1) is 17.3. The van der Waals surface area contributed by atoms with Crippen molar-refractivity contribution in [2.75, 3.05) is 40.3 Å². The van der Waals surface area contributed by atoms with Gasteiger partial charge in [-0.1, -0.05) is 6.92 Å². The molecule has 0 bridgehead atoms. The van der Waals surface area contributed by atoms with E-state index in [0.717, 1.165) is 55.0 Å². The van der Waals surface area contributed by atoms with Crippen molar-refractivity contribution in [1.29, 1.82) is 0 Å². The molecule has 0 saturated heterocycles. The molecular formula is C17H26FN5. The van der Waals surface area contributed by atoms with Crippen molar-refractivity contribution in [1.82, 2.24) is 20.5 Å². The number of likely N-dealkylation sites (N-methyl/N-ethyl adjacent to an activating group) is 1. The normalized spacial score (nSPS) is 12.1. The summed E-state index contributed by atoms with van der Waals surface area (Å²) in [6, 6.07) is 4.82. The second-order valence-corrected chi connectivity index (χ2v) is 5.58. The third-order valence-electron chi connectivity index (χ3n) is 3.97. The molecule has 0 aliphatic carbocycles. The quantitative estimate of drug-likeness (QED) is 0.540. The first-order valence-electron chi connectivity index (χ1n) is 8.02. The Labute approximate surface area is 137 Å². The number of guanidine groups is 1. The molecule has 1 heterocycles. The number of benzene rings is 1. The van der Waals surface area contributed by atoms with Crippen LogP contribution in [0.2, 0.25) is 0 Å². The highest BCUT2D eigenvalue weighted by atomic mass is 19.1. The number of aliphatic imine (C=N–C) groups is 1. The van der Waals surface area contributed by atoms with Gasteiger partial charge in [0.2, 0.25) is 0 Å². The van der Waals surface area contributed by atoms with Crippen LogP contribution >= 0.6 is 0 Å². The molecule has 2 rings (SSSR count). The van der Waals surface area contributed by atoms with Crippen LogP contribution in [0.1, 0.15) is 12.5 Å². The smallest absolute Gasteiger partial charge is 0.191 e. The lowest BCUT2D eigenvalue weighted by atomic mass is 10.1. The minimum atomic E-state index is -0.205. The number of halogens is 1. The molecule has 23 heavy (non-hydrogen) atoms. The van der Waals surface area contributed by atoms with Gasteiger partial charge in [0, 0.05) is 43.8 Å². The van der Waals surface area contributed by atoms with Crippen LogP contribution in [0, 0.1) is 5.82 Å². The van der Waals surface area contributed by atoms with Crippen molar-refractivity contribution in [3.05, 3.63) is 35.8 Å². The Kier molecular flexibility index (Phi) is 6.40. The Balaban J connectivity index is 1.81. The summed E-state index contributed by atoms with van der Waals surface area (Å²) in [4.78, 5) is 9.63. The number of nitrogens with zero attached hydrogens (tertiary/aromatic N) is 2. The summed E-state index contributed by atoms with van der Waals surface area (Å²) in [7, 11) is 3.86. The number of aromatic nitrogens is 1. The third-order valence-corrected chi connectivity index (χ3v) is 3.97. The van der Waals surface area contributed by atoms with Crippen LogP contribution < -0.4 is 10.6 Å². The number of H-pyrrole nitrogens is 1. The van der Waals surface area contributed by atoms with Crippen LogP contribution in [0.15, 0.2) is 29.4 Å². The van der Waals surface area contributed by atoms with Gasteiger partial charge < -0.3 is 20.5 Å². The summed E-state index contributed by atoms with van der Waals surface area (Å²) in [5.41, 5.74) is 2.07. The monoisotopic (exact) mass is 319 g/mol. The second-order valence-electron chi connectivity index (χ2n) is 5.58. The summed E-state index contributed by atoms with van der Waals surface area (Å²) in [6.07, 6.45) is 2.75. The highest BCUT2D eigenvalue weighted by Crippen LogP contribution is 2.19. The Bertz CT molecular complexity index is 649. The minimum absolute atomic E-state index is 0.205. The number of rotatable bonds is 7. The van der Waals surface area contributed by atoms with Gasteiger partial charge in [0.1, 0.15) is 5.82 Å². The average molecular weight is 319 g/mol. The van der Waals surface area contributed by atoms with Crippen LogP contribution in [-0.2, 0) is 6.42 Å². The van der Waals surface area contributed by atoms with E-state index in [4.69, 9.17) is 0 Å². The first-order valence-corrected chi connectivity index (χ1v) is 8.02. The predicted octanol–water partition coefficient (Wildman–Crippen LogP) is 1.97. The van der Waals surface area contributed by atoms with E-state index in [-0.39, 0.29) is 5.82 Å². The number of hydrogen-bond acceptors (Lipinski definition) is 2. The van der Waals surface area contributed by atoms with Gasteiger partial charge in [-0.05, 0) is 43.8 Å². The summed E-state index contributed by atoms with van der Waals surface area (Å²) in [5, 5.41) is 7.53. The minimum Gasteiger partial charge on any atom is -0.361 e. The predicted molar refractivity (Wildman–Crippen MR) is 94.5 cm³/mol. The highest BCUT2D eigenvalue weighted by molar-refractivity contribution is 5.83. The summed E-state index contributed by atoms with van der Waals surface area (Å²) in [6.45, 7) is 5.73. The van der Waals surface area contributed by atoms with Crippen LogP contribution in [0.4, 0.5) is 4.39 Å². The van der Waals surface area contributed by atoms with Gasteiger partial charge in [-0.3, -0.25) is 4.99 Å². The van der Waals surface area contributed by atoms with E-state index >= 15 is 0 Å². The molecule has 126 valence electrons. The van der Waals surface area contributed by atoms with Crippen LogP contribution in [0.3, 0.4) is 0 Å². The summed E-state index contributed by atoms with van der Waals surface area (Å²) < 4.78 is 13.4. The molecule has 6 heteroatoms. The topological polar surface area (TPSA) is 55.4 Å². The fourth-order valence-electron chi connectivity index (χ4n) is 2.42. The Morgan fingerprint density at radius 2 is 2.09 bits per heavy atom. The number of nitrogens with one attached hydrogen (secondary N) is 3. The zero-order valence-electron chi connectivity index (χ0n) is 14.1. The molecule has 2 aromatic rings. The molecule has 0 aliphatic heterocycles. The Morgan fingerprint density at radius 1 is 1.30 bits per heavy atom. The van der Waals surface area contributed by atoms with E-state index in [1.54, 1.807) is 19.2 Å². The van der Waals surface area contributed by atoms with E-state index in [2.05, 4.69) is 39.5 Å². The second kappa shape index (κ2) is 8.53. The summed E-state index contributed by atoms with van der Waals surface area (Å²) >= 11 is 0.